The molecule has 1 aromatic carbocycles. The molecule has 82 valence electrons. The smallest absolute Gasteiger partial charge is 0.115 e. The lowest BCUT2D eigenvalue weighted by Gasteiger charge is -2.06. The minimum Gasteiger partial charge on any atom is -0.316 e. The zero-order valence-electron chi connectivity index (χ0n) is 8.94. The summed E-state index contributed by atoms with van der Waals surface area (Å²) in [7, 11) is 1.90. The summed E-state index contributed by atoms with van der Waals surface area (Å²) >= 11 is 6.09. The van der Waals surface area contributed by atoms with Gasteiger partial charge in [0.2, 0.25) is 0 Å². The van der Waals surface area contributed by atoms with E-state index in [2.05, 4.69) is 21.4 Å². The van der Waals surface area contributed by atoms with Gasteiger partial charge in [-0.15, -0.1) is 0 Å². The fourth-order valence-electron chi connectivity index (χ4n) is 1.53. The molecular formula is C12H12ClN3. The van der Waals surface area contributed by atoms with Crippen molar-refractivity contribution in [3.8, 4) is 11.1 Å². The van der Waals surface area contributed by atoms with Crippen LogP contribution in [0.5, 0.6) is 0 Å². The second kappa shape index (κ2) is 5.05. The summed E-state index contributed by atoms with van der Waals surface area (Å²) in [5, 5.41) is 3.86. The van der Waals surface area contributed by atoms with Crippen LogP contribution in [0.4, 0.5) is 0 Å². The highest BCUT2D eigenvalue weighted by Gasteiger charge is 2.03. The first kappa shape index (κ1) is 11.0. The van der Waals surface area contributed by atoms with E-state index in [1.165, 1.54) is 6.33 Å². The lowest BCUT2D eigenvalue weighted by molar-refractivity contribution is 0.818. The topological polar surface area (TPSA) is 37.8 Å². The predicted octanol–water partition coefficient (Wildman–Crippen LogP) is 2.52. The van der Waals surface area contributed by atoms with Gasteiger partial charge in [0.15, 0.2) is 0 Å². The molecule has 0 radical (unpaired) electrons. The summed E-state index contributed by atoms with van der Waals surface area (Å²) in [6, 6.07) is 5.92. The van der Waals surface area contributed by atoms with Crippen LogP contribution < -0.4 is 5.32 Å². The third-order valence-corrected chi connectivity index (χ3v) is 2.68. The average molecular weight is 234 g/mol. The molecule has 0 aliphatic carbocycles. The Labute approximate surface area is 99.5 Å². The van der Waals surface area contributed by atoms with Gasteiger partial charge >= 0.3 is 0 Å². The zero-order chi connectivity index (χ0) is 11.4. The highest BCUT2D eigenvalue weighted by atomic mass is 35.5. The van der Waals surface area contributed by atoms with Crippen molar-refractivity contribution in [1.29, 1.82) is 0 Å². The zero-order valence-corrected chi connectivity index (χ0v) is 9.70. The monoisotopic (exact) mass is 233 g/mol. The maximum Gasteiger partial charge on any atom is 0.115 e. The molecule has 2 aromatic rings. The quantitative estimate of drug-likeness (QED) is 0.885. The molecule has 0 amide bonds. The van der Waals surface area contributed by atoms with Crippen molar-refractivity contribution in [3.05, 3.63) is 47.5 Å². The van der Waals surface area contributed by atoms with Gasteiger partial charge < -0.3 is 5.32 Å². The van der Waals surface area contributed by atoms with Crippen LogP contribution in [0.1, 0.15) is 5.56 Å². The third kappa shape index (κ3) is 2.38. The summed E-state index contributed by atoms with van der Waals surface area (Å²) in [4.78, 5) is 8.00. The largest absolute Gasteiger partial charge is 0.316 e. The number of nitrogens with one attached hydrogen (secondary N) is 1. The van der Waals surface area contributed by atoms with Gasteiger partial charge in [-0.3, -0.25) is 0 Å². The molecule has 0 bridgehead atoms. The van der Waals surface area contributed by atoms with E-state index in [4.69, 9.17) is 11.6 Å². The number of benzene rings is 1. The first-order valence-electron chi connectivity index (χ1n) is 4.99. The van der Waals surface area contributed by atoms with E-state index in [1.54, 1.807) is 12.4 Å². The van der Waals surface area contributed by atoms with Gasteiger partial charge in [0.1, 0.15) is 6.33 Å². The van der Waals surface area contributed by atoms with Crippen LogP contribution in [0.2, 0.25) is 5.02 Å². The molecule has 1 heterocycles. The van der Waals surface area contributed by atoms with Crippen LogP contribution in [0, 0.1) is 0 Å². The van der Waals surface area contributed by atoms with E-state index < -0.39 is 0 Å². The molecule has 1 N–H and O–H groups in total. The molecule has 0 atom stereocenters. The first-order valence-corrected chi connectivity index (χ1v) is 5.37. The third-order valence-electron chi connectivity index (χ3n) is 2.31. The van der Waals surface area contributed by atoms with E-state index in [-0.39, 0.29) is 0 Å². The Bertz CT molecular complexity index is 471. The number of hydrogen-bond acceptors (Lipinski definition) is 3. The fraction of sp³-hybridized carbons (Fsp3) is 0.167. The summed E-state index contributed by atoms with van der Waals surface area (Å²) in [5.74, 6) is 0. The maximum absolute atomic E-state index is 6.09. The molecule has 0 saturated carbocycles. The van der Waals surface area contributed by atoms with Gasteiger partial charge in [0, 0.05) is 29.5 Å². The molecule has 0 unspecified atom stereocenters. The standard InChI is InChI=1S/C12H12ClN3/c1-14-5-10-4-9(2-3-12(10)13)11-6-15-8-16-7-11/h2-4,6-8,14H,5H2,1H3. The first-order chi connectivity index (χ1) is 7.81. The minimum atomic E-state index is 0.750. The summed E-state index contributed by atoms with van der Waals surface area (Å²) in [6.45, 7) is 0.750. The van der Waals surface area contributed by atoms with Crippen LogP contribution in [0.25, 0.3) is 11.1 Å². The number of nitrogens with zero attached hydrogens (tertiary/aromatic N) is 2. The van der Waals surface area contributed by atoms with Gasteiger partial charge in [-0.1, -0.05) is 17.7 Å². The lowest BCUT2D eigenvalue weighted by Crippen LogP contribution is -2.05. The second-order valence-electron chi connectivity index (χ2n) is 3.46. The molecular weight excluding hydrogens is 222 g/mol. The van der Waals surface area contributed by atoms with E-state index in [0.29, 0.717) is 0 Å². The molecule has 1 aromatic heterocycles. The van der Waals surface area contributed by atoms with E-state index in [1.807, 2.05) is 19.2 Å². The van der Waals surface area contributed by atoms with Crippen molar-refractivity contribution in [3.63, 3.8) is 0 Å². The van der Waals surface area contributed by atoms with Crippen molar-refractivity contribution in [1.82, 2.24) is 15.3 Å². The van der Waals surface area contributed by atoms with Gasteiger partial charge in [-0.05, 0) is 30.3 Å². The van der Waals surface area contributed by atoms with Gasteiger partial charge in [0.05, 0.1) is 0 Å². The molecule has 3 nitrogen and oxygen atoms in total. The average Bonchev–Trinajstić information content (AvgIpc) is 2.33. The minimum absolute atomic E-state index is 0.750. The van der Waals surface area contributed by atoms with Gasteiger partial charge in [-0.2, -0.15) is 0 Å². The number of hydrogen-bond donors (Lipinski definition) is 1. The number of aromatic nitrogens is 2. The van der Waals surface area contributed by atoms with Crippen molar-refractivity contribution in [2.24, 2.45) is 0 Å². The van der Waals surface area contributed by atoms with Crippen LogP contribution in [-0.4, -0.2) is 17.0 Å². The van der Waals surface area contributed by atoms with E-state index in [0.717, 1.165) is 28.3 Å². The van der Waals surface area contributed by atoms with Crippen LogP contribution >= 0.6 is 11.6 Å². The van der Waals surface area contributed by atoms with Crippen LogP contribution in [0.15, 0.2) is 36.9 Å². The normalized spacial score (nSPS) is 10.4. The number of rotatable bonds is 3. The van der Waals surface area contributed by atoms with Crippen molar-refractivity contribution < 1.29 is 0 Å². The summed E-state index contributed by atoms with van der Waals surface area (Å²) < 4.78 is 0. The highest BCUT2D eigenvalue weighted by Crippen LogP contribution is 2.24. The predicted molar refractivity (Wildman–Crippen MR) is 65.2 cm³/mol. The Hall–Kier alpha value is -1.45. The van der Waals surface area contributed by atoms with Crippen molar-refractivity contribution in [2.45, 2.75) is 6.54 Å². The Balaban J connectivity index is 2.40. The molecule has 16 heavy (non-hydrogen) atoms. The van der Waals surface area contributed by atoms with E-state index in [9.17, 15) is 0 Å². The Morgan fingerprint density at radius 1 is 1.19 bits per heavy atom. The molecule has 0 saturated heterocycles. The van der Waals surface area contributed by atoms with Gasteiger partial charge in [-0.25, -0.2) is 9.97 Å². The number of halogens is 1. The lowest BCUT2D eigenvalue weighted by atomic mass is 10.1. The van der Waals surface area contributed by atoms with Crippen molar-refractivity contribution >= 4 is 11.6 Å². The highest BCUT2D eigenvalue weighted by molar-refractivity contribution is 6.31. The Kier molecular flexibility index (Phi) is 3.49. The fourth-order valence-corrected chi connectivity index (χ4v) is 1.71. The molecule has 0 aliphatic rings. The molecule has 0 spiro atoms. The second-order valence-corrected chi connectivity index (χ2v) is 3.87. The molecule has 4 heteroatoms. The summed E-state index contributed by atoms with van der Waals surface area (Å²) in [5.41, 5.74) is 3.15. The molecule has 2 rings (SSSR count). The van der Waals surface area contributed by atoms with Crippen LogP contribution in [-0.2, 0) is 6.54 Å². The Morgan fingerprint density at radius 2 is 1.94 bits per heavy atom. The van der Waals surface area contributed by atoms with Gasteiger partial charge in [0.25, 0.3) is 0 Å². The Morgan fingerprint density at radius 3 is 2.62 bits per heavy atom. The van der Waals surface area contributed by atoms with E-state index >= 15 is 0 Å². The van der Waals surface area contributed by atoms with Crippen LogP contribution in [0.3, 0.4) is 0 Å². The SMILES string of the molecule is CNCc1cc(-c2cncnc2)ccc1Cl. The summed E-state index contributed by atoms with van der Waals surface area (Å²) in [6.07, 6.45) is 5.10. The van der Waals surface area contributed by atoms with Crippen molar-refractivity contribution in [2.75, 3.05) is 7.05 Å². The molecule has 0 aliphatic heterocycles. The molecule has 0 fully saturated rings. The maximum atomic E-state index is 6.09.